The molecule has 0 aliphatic carbocycles. The fourth-order valence-corrected chi connectivity index (χ4v) is 3.55. The number of nitrogens with zero attached hydrogens (tertiary/aromatic N) is 1. The van der Waals surface area contributed by atoms with Crippen molar-refractivity contribution in [3.8, 4) is 0 Å². The van der Waals surface area contributed by atoms with Gasteiger partial charge in [-0.05, 0) is 31.2 Å². The number of carbonyl (C=O) groups is 1. The van der Waals surface area contributed by atoms with Gasteiger partial charge in [-0.2, -0.15) is 8.78 Å². The van der Waals surface area contributed by atoms with Crippen LogP contribution in [0.2, 0.25) is 0 Å². The molecule has 6 nitrogen and oxygen atoms in total. The van der Waals surface area contributed by atoms with Crippen molar-refractivity contribution in [2.75, 3.05) is 18.4 Å². The number of benzene rings is 2. The lowest BCUT2D eigenvalue weighted by atomic mass is 10.2. The molecule has 0 fully saturated rings. The number of nitrogens with one attached hydrogen (secondary N) is 3. The zero-order valence-electron chi connectivity index (χ0n) is 15.7. The quantitative estimate of drug-likeness (QED) is 0.490. The van der Waals surface area contributed by atoms with Crippen LogP contribution in [0.1, 0.15) is 12.7 Å². The van der Waals surface area contributed by atoms with E-state index in [-0.39, 0.29) is 18.0 Å². The summed E-state index contributed by atoms with van der Waals surface area (Å²) in [7, 11) is 0. The fraction of sp³-hybridized carbons (Fsp3) is 0.250. The molecule has 3 aromatic rings. The molecule has 1 unspecified atom stereocenters. The highest BCUT2D eigenvalue weighted by Gasteiger charge is 2.17. The van der Waals surface area contributed by atoms with Crippen LogP contribution in [-0.2, 0) is 11.3 Å². The van der Waals surface area contributed by atoms with Crippen molar-refractivity contribution in [2.45, 2.75) is 24.1 Å². The van der Waals surface area contributed by atoms with E-state index in [1.165, 1.54) is 0 Å². The lowest BCUT2D eigenvalue weighted by Gasteiger charge is -2.17. The van der Waals surface area contributed by atoms with E-state index in [9.17, 15) is 18.4 Å². The van der Waals surface area contributed by atoms with E-state index in [1.807, 2.05) is 13.0 Å². The number of rotatable bonds is 8. The van der Waals surface area contributed by atoms with Crippen molar-refractivity contribution >= 4 is 34.3 Å². The van der Waals surface area contributed by atoms with E-state index >= 15 is 0 Å². The number of carbonyl (C=O) groups excluding carboxylic acids is 1. The maximum Gasteiger partial charge on any atom is 0.288 e. The molecule has 0 saturated carbocycles. The molecule has 0 spiro atoms. The number of hydrogen-bond acceptors (Lipinski definition) is 4. The number of likely N-dealkylation sites (N-methyl/N-ethyl adjacent to an activating group) is 1. The second-order valence-corrected chi connectivity index (χ2v) is 7.44. The van der Waals surface area contributed by atoms with Crippen LogP contribution >= 0.6 is 11.8 Å². The molecule has 3 N–H and O–H groups in total. The van der Waals surface area contributed by atoms with Crippen molar-refractivity contribution in [1.82, 2.24) is 9.97 Å². The second-order valence-electron chi connectivity index (χ2n) is 6.41. The Bertz CT molecular complexity index is 1060. The number of thioether (sulfide) groups is 1. The van der Waals surface area contributed by atoms with Gasteiger partial charge in [0.1, 0.15) is 6.54 Å². The standard InChI is InChI=1S/C20H20F2N4O2S/c1-2-26(11-17-23-14-8-4-3-7-13(14)19(28)25-17)12-18(27)24-15-9-5-6-10-16(15)29-20(21)22/h3-10,20H,2,11-12H2,1H3,(H,24,27)(H,23,25,28)/p+1. The number of halogens is 2. The lowest BCUT2D eigenvalue weighted by molar-refractivity contribution is -0.904. The van der Waals surface area contributed by atoms with Gasteiger partial charge in [-0.15, -0.1) is 0 Å². The van der Waals surface area contributed by atoms with Crippen LogP contribution in [0.15, 0.2) is 58.2 Å². The van der Waals surface area contributed by atoms with Crippen molar-refractivity contribution in [1.29, 1.82) is 0 Å². The highest BCUT2D eigenvalue weighted by atomic mass is 32.2. The van der Waals surface area contributed by atoms with E-state index in [4.69, 9.17) is 0 Å². The Balaban J connectivity index is 1.69. The number of H-pyrrole nitrogens is 1. The molecule has 1 heterocycles. The van der Waals surface area contributed by atoms with Crippen molar-refractivity contribution in [2.24, 2.45) is 0 Å². The zero-order valence-corrected chi connectivity index (χ0v) is 16.6. The molecule has 0 saturated heterocycles. The summed E-state index contributed by atoms with van der Waals surface area (Å²) in [5, 5.41) is 3.22. The molecule has 1 atom stereocenters. The summed E-state index contributed by atoms with van der Waals surface area (Å²) < 4.78 is 25.4. The summed E-state index contributed by atoms with van der Waals surface area (Å²) in [6, 6.07) is 13.5. The number of quaternary nitrogens is 1. The molecule has 152 valence electrons. The SMILES string of the molecule is CC[NH+](CC(=O)Nc1ccccc1SC(F)F)Cc1nc2ccccc2c(=O)[nH]1. The van der Waals surface area contributed by atoms with E-state index in [2.05, 4.69) is 15.3 Å². The maximum absolute atomic E-state index is 12.7. The maximum atomic E-state index is 12.7. The average molecular weight is 419 g/mol. The Hall–Kier alpha value is -2.78. The van der Waals surface area contributed by atoms with Crippen molar-refractivity contribution in [3.05, 3.63) is 64.7 Å². The predicted octanol–water partition coefficient (Wildman–Crippen LogP) is 2.28. The summed E-state index contributed by atoms with van der Waals surface area (Å²) in [6.07, 6.45) is 0. The second kappa shape index (κ2) is 9.62. The number of para-hydroxylation sites is 2. The first kappa shape index (κ1) is 20.9. The number of anilines is 1. The van der Waals surface area contributed by atoms with E-state index in [0.29, 0.717) is 52.2 Å². The highest BCUT2D eigenvalue weighted by Crippen LogP contribution is 2.31. The van der Waals surface area contributed by atoms with Gasteiger partial charge in [0, 0.05) is 4.90 Å². The number of amides is 1. The zero-order chi connectivity index (χ0) is 20.8. The minimum atomic E-state index is -2.57. The van der Waals surface area contributed by atoms with Crippen LogP contribution in [0.5, 0.6) is 0 Å². The van der Waals surface area contributed by atoms with Gasteiger partial charge in [-0.25, -0.2) is 4.98 Å². The van der Waals surface area contributed by atoms with E-state index in [0.717, 1.165) is 4.90 Å². The molecule has 1 aromatic heterocycles. The van der Waals surface area contributed by atoms with E-state index < -0.39 is 5.76 Å². The van der Waals surface area contributed by atoms with Crippen LogP contribution in [0.3, 0.4) is 0 Å². The van der Waals surface area contributed by atoms with Crippen molar-refractivity contribution < 1.29 is 18.5 Å². The topological polar surface area (TPSA) is 79.3 Å². The first-order chi connectivity index (χ1) is 14.0. The highest BCUT2D eigenvalue weighted by molar-refractivity contribution is 7.99. The van der Waals surface area contributed by atoms with Gasteiger partial charge < -0.3 is 15.2 Å². The van der Waals surface area contributed by atoms with Crippen LogP contribution in [-0.4, -0.2) is 34.7 Å². The molecular formula is C20H21F2N4O2S+. The Labute approximate surface area is 170 Å². The Morgan fingerprint density at radius 2 is 1.93 bits per heavy atom. The van der Waals surface area contributed by atoms with Crippen LogP contribution in [0.4, 0.5) is 14.5 Å². The Kier molecular flexibility index (Phi) is 6.95. The van der Waals surface area contributed by atoms with Gasteiger partial charge in [-0.3, -0.25) is 9.59 Å². The molecule has 1 amide bonds. The Morgan fingerprint density at radius 3 is 2.69 bits per heavy atom. The predicted molar refractivity (Wildman–Crippen MR) is 109 cm³/mol. The molecular weight excluding hydrogens is 398 g/mol. The summed E-state index contributed by atoms with van der Waals surface area (Å²) in [4.78, 5) is 33.1. The van der Waals surface area contributed by atoms with Gasteiger partial charge >= 0.3 is 0 Å². The minimum absolute atomic E-state index is 0.112. The van der Waals surface area contributed by atoms with Gasteiger partial charge in [-0.1, -0.05) is 36.0 Å². The summed E-state index contributed by atoms with van der Waals surface area (Å²) in [6.45, 7) is 3.01. The third kappa shape index (κ3) is 5.61. The van der Waals surface area contributed by atoms with Crippen LogP contribution in [0, 0.1) is 0 Å². The molecule has 0 bridgehead atoms. The van der Waals surface area contributed by atoms with Gasteiger partial charge in [0.15, 0.2) is 12.4 Å². The first-order valence-corrected chi connectivity index (χ1v) is 9.99. The largest absolute Gasteiger partial charge is 0.321 e. The van der Waals surface area contributed by atoms with Crippen LogP contribution in [0.25, 0.3) is 10.9 Å². The summed E-state index contributed by atoms with van der Waals surface area (Å²) >= 11 is 0.392. The fourth-order valence-electron chi connectivity index (χ4n) is 2.96. The Morgan fingerprint density at radius 1 is 1.21 bits per heavy atom. The first-order valence-electron chi connectivity index (χ1n) is 9.11. The third-order valence-corrected chi connectivity index (χ3v) is 5.16. The number of hydrogen-bond donors (Lipinski definition) is 3. The molecule has 2 aromatic carbocycles. The minimum Gasteiger partial charge on any atom is -0.321 e. The van der Waals surface area contributed by atoms with Crippen molar-refractivity contribution in [3.63, 3.8) is 0 Å². The molecule has 0 aliphatic rings. The normalized spacial score (nSPS) is 12.3. The van der Waals surface area contributed by atoms with E-state index in [1.54, 1.807) is 42.5 Å². The smallest absolute Gasteiger partial charge is 0.288 e. The molecule has 0 radical (unpaired) electrons. The summed E-state index contributed by atoms with van der Waals surface area (Å²) in [5.74, 6) is -2.37. The molecule has 3 rings (SSSR count). The summed E-state index contributed by atoms with van der Waals surface area (Å²) in [5.41, 5.74) is 0.739. The number of aromatic nitrogens is 2. The van der Waals surface area contributed by atoms with Crippen LogP contribution < -0.4 is 15.8 Å². The number of aromatic amines is 1. The molecule has 29 heavy (non-hydrogen) atoms. The lowest BCUT2D eigenvalue weighted by Crippen LogP contribution is -3.11. The molecule has 0 aliphatic heterocycles. The average Bonchev–Trinajstić information content (AvgIpc) is 2.68. The third-order valence-electron chi connectivity index (χ3n) is 4.37. The number of alkyl halides is 2. The van der Waals surface area contributed by atoms with Gasteiger partial charge in [0.25, 0.3) is 17.2 Å². The monoisotopic (exact) mass is 419 g/mol. The number of fused-ring (bicyclic) bond motifs is 1. The molecule has 9 heteroatoms. The van der Waals surface area contributed by atoms with Gasteiger partial charge in [0.2, 0.25) is 0 Å². The van der Waals surface area contributed by atoms with Gasteiger partial charge in [0.05, 0.1) is 23.1 Å².